The molecule has 0 spiro atoms. The van der Waals surface area contributed by atoms with E-state index in [9.17, 15) is 4.79 Å². The number of unbranched alkanes of at least 4 members (excludes halogenated alkanes) is 15. The number of hydrogen-bond donors (Lipinski definition) is 1. The first-order valence-electron chi connectivity index (χ1n) is 11.8. The second-order valence-corrected chi connectivity index (χ2v) is 7.94. The zero-order chi connectivity index (χ0) is 20.1. The molecule has 1 N–H and O–H groups in total. The van der Waals surface area contributed by atoms with Gasteiger partial charge in [0.2, 0.25) is 6.41 Å². The number of hydrogen-bond acceptors (Lipinski definition) is 2. The van der Waals surface area contributed by atoms with Crippen LogP contribution in [0.5, 0.6) is 5.75 Å². The molecule has 0 atom stereocenters. The van der Waals surface area contributed by atoms with E-state index in [1.165, 1.54) is 96.3 Å². The van der Waals surface area contributed by atoms with E-state index >= 15 is 0 Å². The van der Waals surface area contributed by atoms with Crippen LogP contribution in [-0.2, 0) is 4.79 Å². The van der Waals surface area contributed by atoms with Crippen molar-refractivity contribution >= 4 is 12.1 Å². The second-order valence-electron chi connectivity index (χ2n) is 7.94. The van der Waals surface area contributed by atoms with E-state index in [1.807, 2.05) is 24.3 Å². The van der Waals surface area contributed by atoms with Crippen LogP contribution in [0, 0.1) is 0 Å². The van der Waals surface area contributed by atoms with Crippen LogP contribution in [0.2, 0.25) is 0 Å². The van der Waals surface area contributed by atoms with Crippen LogP contribution in [0.15, 0.2) is 24.3 Å². The van der Waals surface area contributed by atoms with Crippen LogP contribution in [0.3, 0.4) is 0 Å². The highest BCUT2D eigenvalue weighted by Crippen LogP contribution is 2.17. The van der Waals surface area contributed by atoms with Crippen molar-refractivity contribution in [2.75, 3.05) is 11.9 Å². The Morgan fingerprint density at radius 1 is 0.750 bits per heavy atom. The SMILES string of the molecule is CCCCCCCCCCCCCCCCCCOc1cccc(NC=O)c1. The summed E-state index contributed by atoms with van der Waals surface area (Å²) >= 11 is 0. The summed E-state index contributed by atoms with van der Waals surface area (Å²) in [4.78, 5) is 10.5. The average molecular weight is 390 g/mol. The molecule has 1 aromatic carbocycles. The van der Waals surface area contributed by atoms with Crippen LogP contribution in [0.25, 0.3) is 0 Å². The van der Waals surface area contributed by atoms with E-state index < -0.39 is 0 Å². The van der Waals surface area contributed by atoms with Gasteiger partial charge in [-0.2, -0.15) is 0 Å². The standard InChI is InChI=1S/C25H43NO2/c1-2-3-4-5-6-7-8-9-10-11-12-13-14-15-16-17-21-28-25-20-18-19-24(22-25)26-23-27/h18-20,22-23H,2-17,21H2,1H3,(H,26,27). The van der Waals surface area contributed by atoms with Gasteiger partial charge in [-0.1, -0.05) is 109 Å². The van der Waals surface area contributed by atoms with Gasteiger partial charge in [0.25, 0.3) is 0 Å². The Hall–Kier alpha value is -1.51. The molecular weight excluding hydrogens is 346 g/mol. The highest BCUT2D eigenvalue weighted by atomic mass is 16.5. The lowest BCUT2D eigenvalue weighted by Gasteiger charge is -2.07. The number of rotatable bonds is 20. The third-order valence-corrected chi connectivity index (χ3v) is 5.33. The van der Waals surface area contributed by atoms with Gasteiger partial charge in [-0.25, -0.2) is 0 Å². The molecule has 0 heterocycles. The summed E-state index contributed by atoms with van der Waals surface area (Å²) in [6.45, 7) is 3.04. The fourth-order valence-electron chi connectivity index (χ4n) is 3.58. The number of nitrogens with one attached hydrogen (secondary N) is 1. The first-order chi connectivity index (χ1) is 13.9. The summed E-state index contributed by atoms with van der Waals surface area (Å²) in [7, 11) is 0. The van der Waals surface area contributed by atoms with E-state index in [-0.39, 0.29) is 0 Å². The van der Waals surface area contributed by atoms with Gasteiger partial charge < -0.3 is 10.1 Å². The van der Waals surface area contributed by atoms with Crippen LogP contribution >= 0.6 is 0 Å². The zero-order valence-electron chi connectivity index (χ0n) is 18.2. The molecule has 0 unspecified atom stereocenters. The van der Waals surface area contributed by atoms with Crippen molar-refractivity contribution in [3.05, 3.63) is 24.3 Å². The third-order valence-electron chi connectivity index (χ3n) is 5.33. The molecule has 1 aromatic rings. The van der Waals surface area contributed by atoms with E-state index in [4.69, 9.17) is 4.74 Å². The molecule has 1 amide bonds. The number of amides is 1. The minimum atomic E-state index is 0.689. The van der Waals surface area contributed by atoms with Crippen molar-refractivity contribution in [3.63, 3.8) is 0 Å². The van der Waals surface area contributed by atoms with Gasteiger partial charge in [0.1, 0.15) is 5.75 Å². The third kappa shape index (κ3) is 14.5. The lowest BCUT2D eigenvalue weighted by Crippen LogP contribution is -1.99. The lowest BCUT2D eigenvalue weighted by molar-refractivity contribution is -0.105. The van der Waals surface area contributed by atoms with Gasteiger partial charge in [0.15, 0.2) is 0 Å². The first kappa shape index (κ1) is 24.5. The molecule has 1 rings (SSSR count). The van der Waals surface area contributed by atoms with Gasteiger partial charge in [-0.3, -0.25) is 4.79 Å². The summed E-state index contributed by atoms with van der Waals surface area (Å²) < 4.78 is 5.76. The Balaban J connectivity index is 1.80. The molecule has 0 radical (unpaired) electrons. The summed E-state index contributed by atoms with van der Waals surface area (Å²) in [6.07, 6.45) is 22.8. The van der Waals surface area contributed by atoms with Crippen LogP contribution in [0.1, 0.15) is 110 Å². The maximum absolute atomic E-state index is 10.5. The number of carbonyl (C=O) groups is 1. The first-order valence-corrected chi connectivity index (χ1v) is 11.8. The Morgan fingerprint density at radius 3 is 1.75 bits per heavy atom. The molecule has 0 aliphatic heterocycles. The Morgan fingerprint density at radius 2 is 1.25 bits per heavy atom. The Kier molecular flexibility index (Phi) is 16.5. The van der Waals surface area contributed by atoms with Crippen molar-refractivity contribution in [1.29, 1.82) is 0 Å². The van der Waals surface area contributed by atoms with Gasteiger partial charge >= 0.3 is 0 Å². The minimum Gasteiger partial charge on any atom is -0.494 e. The molecule has 0 saturated carbocycles. The van der Waals surface area contributed by atoms with Crippen molar-refractivity contribution in [1.82, 2.24) is 0 Å². The summed E-state index contributed by atoms with van der Waals surface area (Å²) in [5.41, 5.74) is 0.777. The smallest absolute Gasteiger partial charge is 0.211 e. The second kappa shape index (κ2) is 18.8. The predicted molar refractivity (Wildman–Crippen MR) is 121 cm³/mol. The summed E-state index contributed by atoms with van der Waals surface area (Å²) in [6, 6.07) is 7.55. The molecule has 0 fully saturated rings. The molecule has 3 heteroatoms. The maximum atomic E-state index is 10.5. The molecule has 3 nitrogen and oxygen atoms in total. The largest absolute Gasteiger partial charge is 0.494 e. The Bertz CT molecular complexity index is 475. The Labute approximate surface area is 173 Å². The summed E-state index contributed by atoms with van der Waals surface area (Å²) in [5.74, 6) is 0.827. The quantitative estimate of drug-likeness (QED) is 0.182. The van der Waals surface area contributed by atoms with E-state index in [1.54, 1.807) is 0 Å². The minimum absolute atomic E-state index is 0.689. The zero-order valence-corrected chi connectivity index (χ0v) is 18.2. The fraction of sp³-hybridized carbons (Fsp3) is 0.720. The molecular formula is C25H43NO2. The van der Waals surface area contributed by atoms with E-state index in [0.29, 0.717) is 6.41 Å². The normalized spacial score (nSPS) is 10.8. The van der Waals surface area contributed by atoms with Crippen molar-refractivity contribution < 1.29 is 9.53 Å². The topological polar surface area (TPSA) is 38.3 Å². The highest BCUT2D eigenvalue weighted by molar-refractivity contribution is 5.71. The van der Waals surface area contributed by atoms with Crippen LogP contribution in [0.4, 0.5) is 5.69 Å². The van der Waals surface area contributed by atoms with Gasteiger partial charge in [0.05, 0.1) is 6.61 Å². The average Bonchev–Trinajstić information content (AvgIpc) is 2.71. The predicted octanol–water partition coefficient (Wildman–Crippen LogP) is 7.90. The molecule has 0 aliphatic carbocycles. The van der Waals surface area contributed by atoms with E-state index in [2.05, 4.69) is 12.2 Å². The monoisotopic (exact) mass is 389 g/mol. The molecule has 0 aliphatic rings. The van der Waals surface area contributed by atoms with Gasteiger partial charge in [-0.05, 0) is 18.6 Å². The highest BCUT2D eigenvalue weighted by Gasteiger charge is 1.97. The number of carbonyl (C=O) groups excluding carboxylic acids is 1. The number of ether oxygens (including phenoxy) is 1. The van der Waals surface area contributed by atoms with Crippen LogP contribution in [-0.4, -0.2) is 13.0 Å². The van der Waals surface area contributed by atoms with Gasteiger partial charge in [-0.15, -0.1) is 0 Å². The van der Waals surface area contributed by atoms with Crippen molar-refractivity contribution in [2.24, 2.45) is 0 Å². The maximum Gasteiger partial charge on any atom is 0.211 e. The number of benzene rings is 1. The molecule has 160 valence electrons. The lowest BCUT2D eigenvalue weighted by atomic mass is 10.0. The number of anilines is 1. The van der Waals surface area contributed by atoms with Crippen molar-refractivity contribution in [3.8, 4) is 5.75 Å². The molecule has 0 saturated heterocycles. The van der Waals surface area contributed by atoms with Crippen LogP contribution < -0.4 is 10.1 Å². The molecule has 0 bridgehead atoms. The summed E-state index contributed by atoms with van der Waals surface area (Å²) in [5, 5.41) is 2.65. The van der Waals surface area contributed by atoms with Gasteiger partial charge in [0, 0.05) is 11.8 Å². The fourth-order valence-corrected chi connectivity index (χ4v) is 3.58. The molecule has 28 heavy (non-hydrogen) atoms. The van der Waals surface area contributed by atoms with E-state index in [0.717, 1.165) is 24.5 Å². The molecule has 0 aromatic heterocycles. The van der Waals surface area contributed by atoms with Crippen molar-refractivity contribution in [2.45, 2.75) is 110 Å².